The molecule has 2 aromatic heterocycles. The first-order valence-corrected chi connectivity index (χ1v) is 7.13. The van der Waals surface area contributed by atoms with Gasteiger partial charge < -0.3 is 13.9 Å². The third kappa shape index (κ3) is 1.71. The number of benzene rings is 1. The van der Waals surface area contributed by atoms with Crippen LogP contribution in [0.1, 0.15) is 25.2 Å². The topological polar surface area (TPSA) is 105 Å². The van der Waals surface area contributed by atoms with Crippen molar-refractivity contribution in [1.82, 2.24) is 5.01 Å². The SMILES string of the molecule is CC1=Nc2c(oc3c2c(=O)oc2cc(C)ccc23)C(C)(O)N1N. The number of furan rings is 1. The quantitative estimate of drug-likeness (QED) is 0.487. The van der Waals surface area contributed by atoms with Crippen LogP contribution in [0.25, 0.3) is 21.9 Å². The average Bonchev–Trinajstić information content (AvgIpc) is 2.86. The van der Waals surface area contributed by atoms with Crippen molar-refractivity contribution in [2.75, 3.05) is 0 Å². The number of amidine groups is 1. The van der Waals surface area contributed by atoms with Gasteiger partial charge in [-0.15, -0.1) is 0 Å². The summed E-state index contributed by atoms with van der Waals surface area (Å²) in [6, 6.07) is 5.47. The van der Waals surface area contributed by atoms with E-state index >= 15 is 0 Å². The summed E-state index contributed by atoms with van der Waals surface area (Å²) < 4.78 is 11.2. The van der Waals surface area contributed by atoms with Crippen LogP contribution in [0.4, 0.5) is 5.69 Å². The van der Waals surface area contributed by atoms with E-state index in [1.54, 1.807) is 13.0 Å². The van der Waals surface area contributed by atoms with Crippen LogP contribution < -0.4 is 11.5 Å². The van der Waals surface area contributed by atoms with Gasteiger partial charge in [-0.2, -0.15) is 0 Å². The van der Waals surface area contributed by atoms with E-state index < -0.39 is 11.4 Å². The van der Waals surface area contributed by atoms with E-state index in [-0.39, 0.29) is 16.8 Å². The molecule has 7 heteroatoms. The Morgan fingerprint density at radius 1 is 1.30 bits per heavy atom. The molecule has 1 unspecified atom stereocenters. The molecule has 1 aromatic carbocycles. The third-order valence-electron chi connectivity index (χ3n) is 4.19. The van der Waals surface area contributed by atoms with Crippen molar-refractivity contribution in [2.45, 2.75) is 26.5 Å². The molecule has 0 fully saturated rings. The lowest BCUT2D eigenvalue weighted by molar-refractivity contribution is -0.0782. The number of aliphatic imine (C=N–C) groups is 1. The van der Waals surface area contributed by atoms with Crippen molar-refractivity contribution in [1.29, 1.82) is 0 Å². The summed E-state index contributed by atoms with van der Waals surface area (Å²) in [5, 5.41) is 12.6. The number of aliphatic hydroxyl groups is 1. The second-order valence-corrected chi connectivity index (χ2v) is 5.92. The highest BCUT2D eigenvalue weighted by molar-refractivity contribution is 6.07. The Balaban J connectivity index is 2.22. The van der Waals surface area contributed by atoms with E-state index in [0.29, 0.717) is 22.4 Å². The summed E-state index contributed by atoms with van der Waals surface area (Å²) in [6.07, 6.45) is 0. The van der Waals surface area contributed by atoms with Gasteiger partial charge in [0.1, 0.15) is 22.5 Å². The normalized spacial score (nSPS) is 20.9. The maximum Gasteiger partial charge on any atom is 0.349 e. The number of aryl methyl sites for hydroxylation is 1. The minimum atomic E-state index is -1.61. The second-order valence-electron chi connectivity index (χ2n) is 5.92. The molecule has 0 saturated carbocycles. The molecule has 3 aromatic rings. The van der Waals surface area contributed by atoms with Crippen LogP contribution in [0.15, 0.2) is 36.8 Å². The number of rotatable bonds is 0. The molecule has 3 N–H and O–H groups in total. The number of fused-ring (bicyclic) bond motifs is 5. The smallest absolute Gasteiger partial charge is 0.349 e. The fourth-order valence-corrected chi connectivity index (χ4v) is 2.92. The molecule has 118 valence electrons. The van der Waals surface area contributed by atoms with E-state index in [1.165, 1.54) is 6.92 Å². The fraction of sp³-hybridized carbons (Fsp3) is 0.250. The first-order valence-electron chi connectivity index (χ1n) is 7.13. The Hall–Kier alpha value is -2.64. The van der Waals surface area contributed by atoms with Crippen molar-refractivity contribution in [2.24, 2.45) is 10.8 Å². The highest BCUT2D eigenvalue weighted by atomic mass is 16.4. The number of hydrogen-bond acceptors (Lipinski definition) is 7. The summed E-state index contributed by atoms with van der Waals surface area (Å²) in [6.45, 7) is 5.03. The zero-order valence-corrected chi connectivity index (χ0v) is 12.9. The molecule has 0 aliphatic carbocycles. The minimum Gasteiger partial charge on any atom is -0.452 e. The monoisotopic (exact) mass is 313 g/mol. The highest BCUT2D eigenvalue weighted by Crippen LogP contribution is 2.43. The standard InChI is InChI=1S/C16H15N3O4/c1-7-4-5-9-10(6-7)22-15(20)11-12-14(23-13(9)11)16(3,21)19(17)8(2)18-12/h4-6,21H,17H2,1-3H3. The van der Waals surface area contributed by atoms with Gasteiger partial charge in [0.2, 0.25) is 5.72 Å². The average molecular weight is 313 g/mol. The van der Waals surface area contributed by atoms with E-state index in [1.807, 2.05) is 19.1 Å². The van der Waals surface area contributed by atoms with Crippen LogP contribution in [0, 0.1) is 6.92 Å². The second kappa shape index (κ2) is 4.21. The minimum absolute atomic E-state index is 0.126. The van der Waals surface area contributed by atoms with Crippen LogP contribution in [0.3, 0.4) is 0 Å². The van der Waals surface area contributed by atoms with Crippen molar-refractivity contribution < 1.29 is 13.9 Å². The predicted octanol–water partition coefficient (Wildman–Crippen LogP) is 2.25. The molecule has 0 spiro atoms. The van der Waals surface area contributed by atoms with Gasteiger partial charge in [0.25, 0.3) is 0 Å². The van der Waals surface area contributed by atoms with Gasteiger partial charge >= 0.3 is 5.63 Å². The van der Waals surface area contributed by atoms with E-state index in [9.17, 15) is 9.90 Å². The number of nitrogens with two attached hydrogens (primary N) is 1. The zero-order chi connectivity index (χ0) is 16.5. The largest absolute Gasteiger partial charge is 0.452 e. The molecular weight excluding hydrogens is 298 g/mol. The maximum atomic E-state index is 12.4. The molecule has 0 bridgehead atoms. The van der Waals surface area contributed by atoms with Gasteiger partial charge in [0, 0.05) is 0 Å². The zero-order valence-electron chi connectivity index (χ0n) is 12.9. The Labute approximate surface area is 130 Å². The molecule has 1 aliphatic rings. The number of nitrogens with zero attached hydrogens (tertiary/aromatic N) is 2. The Bertz CT molecular complexity index is 1060. The molecule has 4 rings (SSSR count). The van der Waals surface area contributed by atoms with Crippen molar-refractivity contribution >= 4 is 33.5 Å². The lowest BCUT2D eigenvalue weighted by atomic mass is 10.1. The molecule has 0 amide bonds. The third-order valence-corrected chi connectivity index (χ3v) is 4.19. The molecule has 0 radical (unpaired) electrons. The van der Waals surface area contributed by atoms with E-state index in [4.69, 9.17) is 14.7 Å². The van der Waals surface area contributed by atoms with Gasteiger partial charge in [-0.3, -0.25) is 5.01 Å². The van der Waals surface area contributed by atoms with Crippen LogP contribution in [-0.2, 0) is 5.72 Å². The highest BCUT2D eigenvalue weighted by Gasteiger charge is 2.42. The summed E-state index contributed by atoms with van der Waals surface area (Å²) in [5.41, 5.74) is -0.164. The van der Waals surface area contributed by atoms with E-state index in [2.05, 4.69) is 4.99 Å². The van der Waals surface area contributed by atoms with E-state index in [0.717, 1.165) is 10.6 Å². The maximum absolute atomic E-state index is 12.4. The van der Waals surface area contributed by atoms with Gasteiger partial charge in [-0.1, -0.05) is 6.07 Å². The summed E-state index contributed by atoms with van der Waals surface area (Å²) >= 11 is 0. The van der Waals surface area contributed by atoms with Gasteiger partial charge in [0.05, 0.1) is 5.39 Å². The first-order chi connectivity index (χ1) is 10.8. The molecule has 1 aliphatic heterocycles. The lowest BCUT2D eigenvalue weighted by Crippen LogP contribution is -2.52. The number of hydrogen-bond donors (Lipinski definition) is 2. The molecule has 23 heavy (non-hydrogen) atoms. The van der Waals surface area contributed by atoms with Crippen molar-refractivity contribution in [3.8, 4) is 0 Å². The molecule has 1 atom stereocenters. The van der Waals surface area contributed by atoms with Crippen LogP contribution >= 0.6 is 0 Å². The van der Waals surface area contributed by atoms with Crippen molar-refractivity contribution in [3.05, 3.63) is 39.9 Å². The fourth-order valence-electron chi connectivity index (χ4n) is 2.92. The van der Waals surface area contributed by atoms with Crippen LogP contribution in [0.5, 0.6) is 0 Å². The molecule has 0 saturated heterocycles. The first kappa shape index (κ1) is 14.0. The molecular formula is C16H15N3O4. The lowest BCUT2D eigenvalue weighted by Gasteiger charge is -2.35. The Morgan fingerprint density at radius 2 is 2.04 bits per heavy atom. The van der Waals surface area contributed by atoms with Gasteiger partial charge in [-0.25, -0.2) is 15.6 Å². The summed E-state index contributed by atoms with van der Waals surface area (Å²) in [5.74, 6) is 6.35. The number of hydrazine groups is 1. The van der Waals surface area contributed by atoms with Crippen molar-refractivity contribution in [3.63, 3.8) is 0 Å². The summed E-state index contributed by atoms with van der Waals surface area (Å²) in [4.78, 5) is 16.7. The van der Waals surface area contributed by atoms with Gasteiger partial charge in [0.15, 0.2) is 11.3 Å². The predicted molar refractivity (Wildman–Crippen MR) is 85.4 cm³/mol. The molecule has 7 nitrogen and oxygen atoms in total. The molecule has 3 heterocycles. The Kier molecular flexibility index (Phi) is 2.56. The van der Waals surface area contributed by atoms with Crippen LogP contribution in [0.2, 0.25) is 0 Å². The van der Waals surface area contributed by atoms with Crippen LogP contribution in [-0.4, -0.2) is 16.0 Å². The van der Waals surface area contributed by atoms with Gasteiger partial charge in [-0.05, 0) is 38.5 Å². The Morgan fingerprint density at radius 3 is 2.78 bits per heavy atom. The summed E-state index contributed by atoms with van der Waals surface area (Å²) in [7, 11) is 0.